The van der Waals surface area contributed by atoms with Crippen molar-refractivity contribution in [3.63, 3.8) is 0 Å². The van der Waals surface area contributed by atoms with Gasteiger partial charge in [0.15, 0.2) is 0 Å². The third-order valence-corrected chi connectivity index (χ3v) is 4.18. The van der Waals surface area contributed by atoms with E-state index >= 15 is 0 Å². The first kappa shape index (κ1) is 14.0. The zero-order valence-corrected chi connectivity index (χ0v) is 12.2. The molecule has 3 nitrogen and oxygen atoms in total. The van der Waals surface area contributed by atoms with Gasteiger partial charge in [0.1, 0.15) is 0 Å². The molecule has 0 aliphatic heterocycles. The van der Waals surface area contributed by atoms with Crippen LogP contribution < -0.4 is 5.32 Å². The van der Waals surface area contributed by atoms with Gasteiger partial charge in [-0.3, -0.25) is 9.00 Å². The van der Waals surface area contributed by atoms with Crippen LogP contribution in [-0.2, 0) is 23.1 Å². The number of carbonyl (C=O) groups is 1. The van der Waals surface area contributed by atoms with Crippen LogP contribution in [0.4, 0.5) is 0 Å². The number of nitrogens with one attached hydrogen (secondary N) is 1. The molecule has 19 heavy (non-hydrogen) atoms. The standard InChI is InChI=1S/C14H15NO2S2/c1-19(17)10-11-4-2-5-12(8-11)14(16)15-9-13-6-3-7-18-13/h2-8H,9-10H2,1H3,(H,15,16). The molecule has 1 N–H and O–H groups in total. The molecule has 0 saturated heterocycles. The van der Waals surface area contributed by atoms with Crippen molar-refractivity contribution in [2.75, 3.05) is 6.26 Å². The van der Waals surface area contributed by atoms with Crippen molar-refractivity contribution in [1.29, 1.82) is 0 Å². The normalized spacial score (nSPS) is 12.1. The Kier molecular flexibility index (Phi) is 4.87. The van der Waals surface area contributed by atoms with E-state index in [9.17, 15) is 9.00 Å². The van der Waals surface area contributed by atoms with Crippen LogP contribution in [0.3, 0.4) is 0 Å². The smallest absolute Gasteiger partial charge is 0.251 e. The predicted molar refractivity (Wildman–Crippen MR) is 79.7 cm³/mol. The van der Waals surface area contributed by atoms with Crippen LogP contribution in [0.1, 0.15) is 20.8 Å². The van der Waals surface area contributed by atoms with Crippen LogP contribution in [0.5, 0.6) is 0 Å². The van der Waals surface area contributed by atoms with Crippen LogP contribution >= 0.6 is 11.3 Å². The van der Waals surface area contributed by atoms with Crippen molar-refractivity contribution in [3.05, 3.63) is 57.8 Å². The summed E-state index contributed by atoms with van der Waals surface area (Å²) in [5, 5.41) is 4.86. The Morgan fingerprint density at radius 3 is 2.84 bits per heavy atom. The average Bonchev–Trinajstić information content (AvgIpc) is 2.88. The van der Waals surface area contributed by atoms with Gasteiger partial charge in [0.05, 0.1) is 6.54 Å². The highest BCUT2D eigenvalue weighted by atomic mass is 32.2. The molecule has 1 atom stereocenters. The molecule has 1 heterocycles. The van der Waals surface area contributed by atoms with E-state index in [1.54, 1.807) is 29.7 Å². The van der Waals surface area contributed by atoms with Gasteiger partial charge in [-0.25, -0.2) is 0 Å². The highest BCUT2D eigenvalue weighted by Crippen LogP contribution is 2.10. The summed E-state index contributed by atoms with van der Waals surface area (Å²) in [7, 11) is -0.896. The van der Waals surface area contributed by atoms with E-state index in [-0.39, 0.29) is 5.91 Å². The monoisotopic (exact) mass is 293 g/mol. The zero-order valence-electron chi connectivity index (χ0n) is 10.6. The third kappa shape index (κ3) is 4.29. The first-order valence-corrected chi connectivity index (χ1v) is 8.45. The maximum Gasteiger partial charge on any atom is 0.251 e. The number of hydrogen-bond acceptors (Lipinski definition) is 3. The lowest BCUT2D eigenvalue weighted by Crippen LogP contribution is -2.22. The Balaban J connectivity index is 2.00. The van der Waals surface area contributed by atoms with Gasteiger partial charge >= 0.3 is 0 Å². The van der Waals surface area contributed by atoms with E-state index in [0.717, 1.165) is 10.4 Å². The molecule has 0 spiro atoms. The van der Waals surface area contributed by atoms with Gasteiger partial charge in [0.2, 0.25) is 0 Å². The Morgan fingerprint density at radius 1 is 1.32 bits per heavy atom. The number of carbonyl (C=O) groups excluding carboxylic acids is 1. The van der Waals surface area contributed by atoms with E-state index < -0.39 is 10.8 Å². The van der Waals surface area contributed by atoms with Crippen LogP contribution in [0.2, 0.25) is 0 Å². The number of rotatable bonds is 5. The topological polar surface area (TPSA) is 46.2 Å². The molecule has 0 fully saturated rings. The van der Waals surface area contributed by atoms with Crippen molar-refractivity contribution in [2.45, 2.75) is 12.3 Å². The summed E-state index contributed by atoms with van der Waals surface area (Å²) in [6.07, 6.45) is 1.66. The van der Waals surface area contributed by atoms with Crippen LogP contribution in [0.25, 0.3) is 0 Å². The summed E-state index contributed by atoms with van der Waals surface area (Å²) < 4.78 is 11.2. The molecule has 0 radical (unpaired) electrons. The SMILES string of the molecule is CS(=O)Cc1cccc(C(=O)NCc2cccs2)c1. The van der Waals surface area contributed by atoms with Crippen molar-refractivity contribution < 1.29 is 9.00 Å². The largest absolute Gasteiger partial charge is 0.347 e. The lowest BCUT2D eigenvalue weighted by atomic mass is 10.1. The van der Waals surface area contributed by atoms with E-state index in [2.05, 4.69) is 5.32 Å². The highest BCUT2D eigenvalue weighted by molar-refractivity contribution is 7.83. The molecule has 100 valence electrons. The van der Waals surface area contributed by atoms with Crippen molar-refractivity contribution >= 4 is 28.0 Å². The second-order valence-electron chi connectivity index (χ2n) is 4.18. The second-order valence-corrected chi connectivity index (χ2v) is 6.65. The van der Waals surface area contributed by atoms with E-state index in [1.165, 1.54) is 0 Å². The molecule has 1 aromatic heterocycles. The lowest BCUT2D eigenvalue weighted by molar-refractivity contribution is 0.0951. The second kappa shape index (κ2) is 6.63. The molecule has 0 aliphatic rings. The summed E-state index contributed by atoms with van der Waals surface area (Å²) in [5.41, 5.74) is 1.53. The third-order valence-electron chi connectivity index (χ3n) is 2.56. The summed E-state index contributed by atoms with van der Waals surface area (Å²) >= 11 is 1.62. The highest BCUT2D eigenvalue weighted by Gasteiger charge is 2.07. The molecule has 5 heteroatoms. The van der Waals surface area contributed by atoms with Gasteiger partial charge in [-0.2, -0.15) is 0 Å². The van der Waals surface area contributed by atoms with E-state index in [1.807, 2.05) is 29.6 Å². The van der Waals surface area contributed by atoms with Gasteiger partial charge in [-0.1, -0.05) is 18.2 Å². The lowest BCUT2D eigenvalue weighted by Gasteiger charge is -2.05. The Labute approximate surface area is 119 Å². The van der Waals surface area contributed by atoms with E-state index in [0.29, 0.717) is 17.9 Å². The van der Waals surface area contributed by atoms with Crippen molar-refractivity contribution in [3.8, 4) is 0 Å². The fourth-order valence-corrected chi connectivity index (χ4v) is 3.01. The minimum absolute atomic E-state index is 0.0999. The first-order chi connectivity index (χ1) is 9.15. The molecule has 0 aliphatic carbocycles. The quantitative estimate of drug-likeness (QED) is 0.921. The number of benzene rings is 1. The average molecular weight is 293 g/mol. The Bertz CT molecular complexity index is 579. The van der Waals surface area contributed by atoms with Crippen LogP contribution in [0, 0.1) is 0 Å². The van der Waals surface area contributed by atoms with E-state index in [4.69, 9.17) is 0 Å². The van der Waals surface area contributed by atoms with Gasteiger partial charge in [0, 0.05) is 33.2 Å². The minimum Gasteiger partial charge on any atom is -0.347 e. The fourth-order valence-electron chi connectivity index (χ4n) is 1.72. The van der Waals surface area contributed by atoms with Crippen molar-refractivity contribution in [2.24, 2.45) is 0 Å². The predicted octanol–water partition coefficient (Wildman–Crippen LogP) is 2.56. The molecule has 2 rings (SSSR count). The summed E-state index contributed by atoms with van der Waals surface area (Å²) in [5.74, 6) is 0.378. The molecule has 1 aromatic carbocycles. The molecule has 0 bridgehead atoms. The minimum atomic E-state index is -0.896. The van der Waals surface area contributed by atoms with Gasteiger partial charge < -0.3 is 5.32 Å². The fraction of sp³-hybridized carbons (Fsp3) is 0.214. The van der Waals surface area contributed by atoms with Gasteiger partial charge in [-0.15, -0.1) is 11.3 Å². The summed E-state index contributed by atoms with van der Waals surface area (Å²) in [6, 6.07) is 11.2. The molecule has 0 saturated carbocycles. The van der Waals surface area contributed by atoms with Crippen LogP contribution in [0.15, 0.2) is 41.8 Å². The van der Waals surface area contributed by atoms with Crippen molar-refractivity contribution in [1.82, 2.24) is 5.32 Å². The number of hydrogen-bond donors (Lipinski definition) is 1. The molecule has 2 aromatic rings. The van der Waals surface area contributed by atoms with Crippen LogP contribution in [-0.4, -0.2) is 16.4 Å². The number of amides is 1. The molecule has 1 unspecified atom stereocenters. The Hall–Kier alpha value is -1.46. The Morgan fingerprint density at radius 2 is 2.16 bits per heavy atom. The number of thiophene rings is 1. The summed E-state index contributed by atoms with van der Waals surface area (Å²) in [4.78, 5) is 13.1. The summed E-state index contributed by atoms with van der Waals surface area (Å²) in [6.45, 7) is 0.542. The first-order valence-electron chi connectivity index (χ1n) is 5.84. The molecular weight excluding hydrogens is 278 g/mol. The van der Waals surface area contributed by atoms with Gasteiger partial charge in [0.25, 0.3) is 5.91 Å². The zero-order chi connectivity index (χ0) is 13.7. The van der Waals surface area contributed by atoms with Gasteiger partial charge in [-0.05, 0) is 29.1 Å². The molecular formula is C14H15NO2S2. The maximum atomic E-state index is 12.0. The molecule has 1 amide bonds. The maximum absolute atomic E-state index is 12.0.